The maximum absolute atomic E-state index is 11.7. The lowest BCUT2D eigenvalue weighted by atomic mass is 10.3. The van der Waals surface area contributed by atoms with Crippen LogP contribution >= 0.6 is 0 Å². The van der Waals surface area contributed by atoms with Gasteiger partial charge in [0.2, 0.25) is 0 Å². The molecule has 0 radical (unpaired) electrons. The van der Waals surface area contributed by atoms with E-state index in [1.54, 1.807) is 0 Å². The Balaban J connectivity index is 2.90. The summed E-state index contributed by atoms with van der Waals surface area (Å²) in [6.45, 7) is 6.02. The molecule has 0 aliphatic carbocycles. The quantitative estimate of drug-likeness (QED) is 0.575. The monoisotopic (exact) mass is 161 g/mol. The van der Waals surface area contributed by atoms with Crippen molar-refractivity contribution in [3.8, 4) is 0 Å². The van der Waals surface area contributed by atoms with E-state index < -0.39 is 9.73 Å². The lowest BCUT2D eigenvalue weighted by Crippen LogP contribution is -2.13. The predicted molar refractivity (Wildman–Crippen MR) is 44.7 cm³/mol. The molecule has 2 atom stereocenters. The third-order valence-electron chi connectivity index (χ3n) is 1.92. The van der Waals surface area contributed by atoms with Crippen molar-refractivity contribution in [2.45, 2.75) is 38.5 Å². The number of hydrogen-bond donors (Lipinski definition) is 0. The second kappa shape index (κ2) is 2.53. The smallest absolute Gasteiger partial charge is 0.0575 e. The van der Waals surface area contributed by atoms with E-state index in [2.05, 4.69) is 4.36 Å². The maximum Gasteiger partial charge on any atom is 0.0575 e. The van der Waals surface area contributed by atoms with Gasteiger partial charge in [-0.25, -0.2) is 8.57 Å². The molecule has 1 aliphatic rings. The van der Waals surface area contributed by atoms with Crippen molar-refractivity contribution in [2.75, 3.05) is 5.75 Å². The molecular formula is C7H15NOS. The van der Waals surface area contributed by atoms with E-state index in [1.165, 1.54) is 0 Å². The summed E-state index contributed by atoms with van der Waals surface area (Å²) in [5.41, 5.74) is 0. The fourth-order valence-electron chi connectivity index (χ4n) is 1.11. The van der Waals surface area contributed by atoms with Crippen LogP contribution < -0.4 is 0 Å². The summed E-state index contributed by atoms with van der Waals surface area (Å²) >= 11 is 0. The molecule has 2 nitrogen and oxygen atoms in total. The molecule has 2 unspecified atom stereocenters. The van der Waals surface area contributed by atoms with Crippen molar-refractivity contribution in [3.63, 3.8) is 0 Å². The zero-order valence-electron chi connectivity index (χ0n) is 6.83. The van der Waals surface area contributed by atoms with E-state index in [9.17, 15) is 4.21 Å². The molecule has 0 saturated heterocycles. The summed E-state index contributed by atoms with van der Waals surface area (Å²) in [5, 5.41) is 0.234. The molecule has 60 valence electrons. The highest BCUT2D eigenvalue weighted by Crippen LogP contribution is 2.18. The summed E-state index contributed by atoms with van der Waals surface area (Å²) in [6, 6.07) is 0.329. The predicted octanol–water partition coefficient (Wildman–Crippen LogP) is 1.66. The van der Waals surface area contributed by atoms with Crippen LogP contribution in [0.5, 0.6) is 0 Å². The minimum absolute atomic E-state index is 0.234. The van der Waals surface area contributed by atoms with Crippen molar-refractivity contribution in [2.24, 2.45) is 4.36 Å². The first-order valence-electron chi connectivity index (χ1n) is 3.77. The minimum Gasteiger partial charge on any atom is -0.249 e. The SMILES string of the molecule is CC1CCS(=O)(C(C)C)=N1. The van der Waals surface area contributed by atoms with Crippen LogP contribution in [0.1, 0.15) is 27.2 Å². The van der Waals surface area contributed by atoms with Gasteiger partial charge < -0.3 is 0 Å². The lowest BCUT2D eigenvalue weighted by Gasteiger charge is -2.05. The maximum atomic E-state index is 11.7. The zero-order valence-corrected chi connectivity index (χ0v) is 7.65. The Morgan fingerprint density at radius 2 is 2.20 bits per heavy atom. The molecule has 1 heterocycles. The highest BCUT2D eigenvalue weighted by Gasteiger charge is 2.22. The van der Waals surface area contributed by atoms with Gasteiger partial charge in [0.1, 0.15) is 0 Å². The molecular weight excluding hydrogens is 146 g/mol. The first-order valence-corrected chi connectivity index (χ1v) is 5.52. The third-order valence-corrected chi connectivity index (χ3v) is 4.93. The highest BCUT2D eigenvalue weighted by molar-refractivity contribution is 7.94. The minimum atomic E-state index is -1.79. The van der Waals surface area contributed by atoms with Crippen LogP contribution in [0.3, 0.4) is 0 Å². The molecule has 10 heavy (non-hydrogen) atoms. The van der Waals surface area contributed by atoms with Crippen LogP contribution in [-0.4, -0.2) is 21.3 Å². The van der Waals surface area contributed by atoms with Gasteiger partial charge in [-0.2, -0.15) is 0 Å². The number of rotatable bonds is 1. The first-order chi connectivity index (χ1) is 4.54. The van der Waals surface area contributed by atoms with Gasteiger partial charge >= 0.3 is 0 Å². The Bertz CT molecular complexity index is 226. The van der Waals surface area contributed by atoms with E-state index in [0.717, 1.165) is 12.2 Å². The first kappa shape index (κ1) is 8.05. The zero-order chi connectivity index (χ0) is 7.78. The molecule has 0 aromatic heterocycles. The van der Waals surface area contributed by atoms with Gasteiger partial charge in [-0.1, -0.05) is 13.8 Å². The molecule has 0 saturated carbocycles. The van der Waals surface area contributed by atoms with Crippen LogP contribution in [-0.2, 0) is 9.73 Å². The van der Waals surface area contributed by atoms with Crippen molar-refractivity contribution < 1.29 is 4.21 Å². The van der Waals surface area contributed by atoms with Gasteiger partial charge in [0.05, 0.1) is 6.04 Å². The normalized spacial score (nSPS) is 40.2. The third kappa shape index (κ3) is 1.34. The standard InChI is InChI=1S/C7H15NOS/c1-6(2)10(9)5-4-7(3)8-10/h6-7H,4-5H2,1-3H3. The van der Waals surface area contributed by atoms with Gasteiger partial charge in [0.15, 0.2) is 0 Å². The molecule has 0 aromatic rings. The molecule has 1 aliphatic heterocycles. The lowest BCUT2D eigenvalue weighted by molar-refractivity contribution is 0.672. The van der Waals surface area contributed by atoms with Crippen LogP contribution in [0.2, 0.25) is 0 Å². The van der Waals surface area contributed by atoms with Gasteiger partial charge in [0.25, 0.3) is 0 Å². The van der Waals surface area contributed by atoms with Crippen molar-refractivity contribution in [1.82, 2.24) is 0 Å². The molecule has 3 heteroatoms. The molecule has 1 rings (SSSR count). The van der Waals surface area contributed by atoms with Crippen LogP contribution in [0.4, 0.5) is 0 Å². The fourth-order valence-corrected chi connectivity index (χ4v) is 3.32. The summed E-state index contributed by atoms with van der Waals surface area (Å²) in [4.78, 5) is 0. The Morgan fingerprint density at radius 1 is 1.60 bits per heavy atom. The Labute approximate surface area is 63.2 Å². The summed E-state index contributed by atoms with van der Waals surface area (Å²) < 4.78 is 16.0. The molecule has 0 N–H and O–H groups in total. The second-order valence-electron chi connectivity index (χ2n) is 3.19. The van der Waals surface area contributed by atoms with Gasteiger partial charge in [-0.05, 0) is 13.3 Å². The summed E-state index contributed by atoms with van der Waals surface area (Å²) in [5.74, 6) is 0.811. The number of hydrogen-bond acceptors (Lipinski definition) is 2. The summed E-state index contributed by atoms with van der Waals surface area (Å²) in [6.07, 6.45) is 1.01. The van der Waals surface area contributed by atoms with E-state index in [0.29, 0.717) is 6.04 Å². The average molecular weight is 161 g/mol. The van der Waals surface area contributed by atoms with E-state index in [-0.39, 0.29) is 5.25 Å². The Kier molecular flexibility index (Phi) is 2.04. The van der Waals surface area contributed by atoms with Crippen LogP contribution in [0.25, 0.3) is 0 Å². The average Bonchev–Trinajstić information content (AvgIpc) is 2.13. The molecule has 0 bridgehead atoms. The molecule has 0 aromatic carbocycles. The number of nitrogens with zero attached hydrogens (tertiary/aromatic N) is 1. The molecule has 0 fully saturated rings. The largest absolute Gasteiger partial charge is 0.249 e. The van der Waals surface area contributed by atoms with Crippen LogP contribution in [0, 0.1) is 0 Å². The van der Waals surface area contributed by atoms with Crippen molar-refractivity contribution in [1.29, 1.82) is 0 Å². The van der Waals surface area contributed by atoms with Crippen LogP contribution in [0.15, 0.2) is 4.36 Å². The topological polar surface area (TPSA) is 29.4 Å². The van der Waals surface area contributed by atoms with E-state index in [1.807, 2.05) is 20.8 Å². The van der Waals surface area contributed by atoms with Gasteiger partial charge in [-0.15, -0.1) is 0 Å². The molecule has 0 spiro atoms. The fraction of sp³-hybridized carbons (Fsp3) is 1.00. The summed E-state index contributed by atoms with van der Waals surface area (Å²) in [7, 11) is -1.79. The van der Waals surface area contributed by atoms with Crippen molar-refractivity contribution >= 4 is 9.73 Å². The van der Waals surface area contributed by atoms with Gasteiger partial charge in [0, 0.05) is 20.7 Å². The highest BCUT2D eigenvalue weighted by atomic mass is 32.2. The second-order valence-corrected chi connectivity index (χ2v) is 6.13. The molecule has 0 amide bonds. The van der Waals surface area contributed by atoms with Crippen molar-refractivity contribution in [3.05, 3.63) is 0 Å². The van der Waals surface area contributed by atoms with E-state index in [4.69, 9.17) is 0 Å². The Morgan fingerprint density at radius 3 is 2.40 bits per heavy atom. The van der Waals surface area contributed by atoms with E-state index >= 15 is 0 Å². The Hall–Kier alpha value is -0.0500. The van der Waals surface area contributed by atoms with Gasteiger partial charge in [-0.3, -0.25) is 0 Å².